The molecular weight excluding hydrogens is 667 g/mol. The molecule has 1 amide bonds. The molecule has 3 aromatic rings. The Kier molecular flexibility index (Phi) is 11.3. The van der Waals surface area contributed by atoms with Gasteiger partial charge in [-0.2, -0.15) is 13.2 Å². The molecular formula is C42H52F3N3O4. The van der Waals surface area contributed by atoms with Crippen LogP contribution in [0.15, 0.2) is 47.4 Å². The minimum absolute atomic E-state index is 0.0543. The predicted molar refractivity (Wildman–Crippen MR) is 197 cm³/mol. The number of carbonyl (C=O) groups is 2. The summed E-state index contributed by atoms with van der Waals surface area (Å²) in [6, 6.07) is 9.19. The molecule has 2 N–H and O–H groups in total. The second kappa shape index (κ2) is 15.6. The fourth-order valence-electron chi connectivity index (χ4n) is 9.11. The molecule has 280 valence electrons. The summed E-state index contributed by atoms with van der Waals surface area (Å²) in [4.78, 5) is 42.6. The minimum atomic E-state index is -4.72. The summed E-state index contributed by atoms with van der Waals surface area (Å²) < 4.78 is 44.7. The van der Waals surface area contributed by atoms with Crippen molar-refractivity contribution in [2.24, 2.45) is 5.92 Å². The predicted octanol–water partition coefficient (Wildman–Crippen LogP) is 8.68. The Morgan fingerprint density at radius 1 is 0.962 bits per heavy atom. The molecule has 7 nitrogen and oxygen atoms in total. The van der Waals surface area contributed by atoms with E-state index in [-0.39, 0.29) is 17.9 Å². The molecule has 0 radical (unpaired) electrons. The third kappa shape index (κ3) is 8.17. The number of pyridine rings is 1. The number of carbonyl (C=O) groups excluding carboxylic acids is 1. The zero-order valence-electron chi connectivity index (χ0n) is 30.8. The number of halogens is 3. The molecule has 0 bridgehead atoms. The highest BCUT2D eigenvalue weighted by Gasteiger charge is 2.39. The number of alkyl halides is 3. The summed E-state index contributed by atoms with van der Waals surface area (Å²) in [5.74, 6) is -2.18. The molecule has 1 aliphatic heterocycles. The van der Waals surface area contributed by atoms with E-state index >= 15 is 0 Å². The Hall–Kier alpha value is -3.92. The molecule has 0 spiro atoms. The Bertz CT molecular complexity index is 1830. The maximum absolute atomic E-state index is 14.5. The zero-order valence-corrected chi connectivity index (χ0v) is 30.8. The van der Waals surface area contributed by atoms with Crippen molar-refractivity contribution in [1.82, 2.24) is 14.8 Å². The number of aryl methyl sites for hydroxylation is 3. The highest BCUT2D eigenvalue weighted by Crippen LogP contribution is 2.41. The number of piperidine rings is 1. The van der Waals surface area contributed by atoms with Gasteiger partial charge in [0.2, 0.25) is 5.91 Å². The van der Waals surface area contributed by atoms with E-state index in [0.717, 1.165) is 59.9 Å². The fourth-order valence-corrected chi connectivity index (χ4v) is 9.11. The summed E-state index contributed by atoms with van der Waals surface area (Å²) in [7, 11) is 0. The van der Waals surface area contributed by atoms with Crippen molar-refractivity contribution in [3.8, 4) is 11.1 Å². The largest absolute Gasteiger partial charge is 0.481 e. The van der Waals surface area contributed by atoms with Crippen LogP contribution in [-0.4, -0.2) is 45.6 Å². The molecule has 1 aromatic heterocycles. The summed E-state index contributed by atoms with van der Waals surface area (Å²) in [6.45, 7) is 9.28. The molecule has 1 saturated carbocycles. The number of amides is 1. The van der Waals surface area contributed by atoms with E-state index in [4.69, 9.17) is 0 Å². The van der Waals surface area contributed by atoms with Crippen LogP contribution in [0.2, 0.25) is 0 Å². The third-order valence-electron chi connectivity index (χ3n) is 11.6. The molecule has 0 unspecified atom stereocenters. The standard InChI is InChI=1S/C42H52F3N3O4/c1-25(2)19-37(48-24-34(35(22-38(48)49)42(43,44)45)28-15-17-47(18-16-28)31-12-5-6-13-31)41(52)46-36(23-39(50)51)30-20-29-11-8-14-32(29)33(21-30)40-26(3)9-7-10-27(40)4/h7,9-10,20-22,24-25,28,31,36-37H,5-6,8,11-19,23H2,1-4H3,(H,46,52)(H,50,51)/t36-,37+/m1/s1. The molecule has 6 rings (SSSR count). The van der Waals surface area contributed by atoms with E-state index < -0.39 is 53.6 Å². The highest BCUT2D eigenvalue weighted by molar-refractivity contribution is 5.82. The third-order valence-corrected chi connectivity index (χ3v) is 11.6. The summed E-state index contributed by atoms with van der Waals surface area (Å²) >= 11 is 0. The van der Waals surface area contributed by atoms with Crippen LogP contribution in [-0.2, 0) is 28.6 Å². The van der Waals surface area contributed by atoms with Gasteiger partial charge in [0.25, 0.3) is 5.56 Å². The van der Waals surface area contributed by atoms with Crippen LogP contribution in [0, 0.1) is 19.8 Å². The average molecular weight is 720 g/mol. The van der Waals surface area contributed by atoms with E-state index in [1.165, 1.54) is 29.2 Å². The van der Waals surface area contributed by atoms with Crippen molar-refractivity contribution in [2.75, 3.05) is 13.1 Å². The SMILES string of the molecule is Cc1cccc(C)c1-c1cc([C@@H](CC(=O)O)NC(=O)[C@H](CC(C)C)n2cc(C3CCN(C4CCCC4)CC3)c(C(F)(F)F)cc2=O)cc2c1CCC2. The van der Waals surface area contributed by atoms with Gasteiger partial charge in [-0.05, 0) is 141 Å². The van der Waals surface area contributed by atoms with Gasteiger partial charge in [-0.25, -0.2) is 0 Å². The van der Waals surface area contributed by atoms with Crippen molar-refractivity contribution in [3.63, 3.8) is 0 Å². The van der Waals surface area contributed by atoms with Gasteiger partial charge in [0.05, 0.1) is 18.0 Å². The number of carboxylic acid groups (broad SMARTS) is 1. The van der Waals surface area contributed by atoms with Crippen molar-refractivity contribution in [2.45, 2.75) is 129 Å². The van der Waals surface area contributed by atoms with Crippen molar-refractivity contribution < 1.29 is 27.9 Å². The lowest BCUT2D eigenvalue weighted by atomic mass is 9.86. The zero-order chi connectivity index (χ0) is 37.3. The van der Waals surface area contributed by atoms with Crippen molar-refractivity contribution in [3.05, 3.63) is 91.9 Å². The van der Waals surface area contributed by atoms with Gasteiger partial charge in [-0.15, -0.1) is 0 Å². The lowest BCUT2D eigenvalue weighted by Crippen LogP contribution is -2.42. The maximum atomic E-state index is 14.5. The van der Waals surface area contributed by atoms with Gasteiger partial charge in [-0.1, -0.05) is 51.0 Å². The van der Waals surface area contributed by atoms with Crippen LogP contribution in [0.1, 0.15) is 129 Å². The van der Waals surface area contributed by atoms with E-state index in [9.17, 15) is 32.7 Å². The summed E-state index contributed by atoms with van der Waals surface area (Å²) in [5.41, 5.74) is 5.57. The van der Waals surface area contributed by atoms with Gasteiger partial charge >= 0.3 is 12.1 Å². The number of fused-ring (bicyclic) bond motifs is 1. The molecule has 2 atom stereocenters. The lowest BCUT2D eigenvalue weighted by Gasteiger charge is -2.37. The number of nitrogens with one attached hydrogen (secondary N) is 1. The first-order valence-corrected chi connectivity index (χ1v) is 19.0. The number of benzene rings is 2. The summed E-state index contributed by atoms with van der Waals surface area (Å²) in [6.07, 6.45) is 4.77. The van der Waals surface area contributed by atoms with Gasteiger partial charge in [0.1, 0.15) is 6.04 Å². The van der Waals surface area contributed by atoms with Crippen LogP contribution < -0.4 is 10.9 Å². The Morgan fingerprint density at radius 3 is 2.25 bits per heavy atom. The number of likely N-dealkylation sites (tertiary alicyclic amines) is 1. The van der Waals surface area contributed by atoms with E-state index in [0.29, 0.717) is 43.6 Å². The monoisotopic (exact) mass is 719 g/mol. The molecule has 2 heterocycles. The first kappa shape index (κ1) is 37.8. The number of nitrogens with zero attached hydrogens (tertiary/aromatic N) is 2. The first-order chi connectivity index (χ1) is 24.7. The van der Waals surface area contributed by atoms with Gasteiger partial charge in [0.15, 0.2) is 0 Å². The molecule has 2 aromatic carbocycles. The van der Waals surface area contributed by atoms with E-state index in [1.807, 2.05) is 32.0 Å². The average Bonchev–Trinajstić information content (AvgIpc) is 3.79. The molecule has 52 heavy (non-hydrogen) atoms. The smallest absolute Gasteiger partial charge is 0.416 e. The molecule has 3 aliphatic rings. The van der Waals surface area contributed by atoms with E-state index in [2.05, 4.69) is 36.2 Å². The number of hydrogen-bond acceptors (Lipinski definition) is 4. The molecule has 1 saturated heterocycles. The number of hydrogen-bond donors (Lipinski definition) is 2. The second-order valence-electron chi connectivity index (χ2n) is 15.8. The Balaban J connectivity index is 1.36. The number of aliphatic carboxylic acids is 1. The molecule has 2 fully saturated rings. The topological polar surface area (TPSA) is 91.6 Å². The molecule has 10 heteroatoms. The Labute approximate surface area is 304 Å². The van der Waals surface area contributed by atoms with Crippen molar-refractivity contribution >= 4 is 11.9 Å². The number of rotatable bonds is 11. The van der Waals surface area contributed by atoms with Gasteiger partial charge < -0.3 is 19.9 Å². The second-order valence-corrected chi connectivity index (χ2v) is 15.8. The van der Waals surface area contributed by atoms with Crippen LogP contribution in [0.3, 0.4) is 0 Å². The quantitative estimate of drug-likeness (QED) is 0.207. The normalized spacial score (nSPS) is 18.5. The van der Waals surface area contributed by atoms with Crippen LogP contribution in [0.5, 0.6) is 0 Å². The first-order valence-electron chi connectivity index (χ1n) is 19.0. The van der Waals surface area contributed by atoms with Crippen LogP contribution in [0.25, 0.3) is 11.1 Å². The van der Waals surface area contributed by atoms with Crippen molar-refractivity contribution in [1.29, 1.82) is 0 Å². The summed E-state index contributed by atoms with van der Waals surface area (Å²) in [5, 5.41) is 13.0. The molecule has 2 aliphatic carbocycles. The highest BCUT2D eigenvalue weighted by atomic mass is 19.4. The lowest BCUT2D eigenvalue weighted by molar-refractivity contribution is -0.139. The van der Waals surface area contributed by atoms with E-state index in [1.54, 1.807) is 0 Å². The maximum Gasteiger partial charge on any atom is 0.416 e. The fraction of sp³-hybridized carbons (Fsp3) is 0.548. The number of carboxylic acids is 1. The minimum Gasteiger partial charge on any atom is -0.481 e. The van der Waals surface area contributed by atoms with Gasteiger partial charge in [0, 0.05) is 18.3 Å². The Morgan fingerprint density at radius 2 is 1.63 bits per heavy atom. The number of aromatic nitrogens is 1. The van der Waals surface area contributed by atoms with Crippen LogP contribution in [0.4, 0.5) is 13.2 Å². The van der Waals surface area contributed by atoms with Crippen LogP contribution >= 0.6 is 0 Å². The van der Waals surface area contributed by atoms with Gasteiger partial charge in [-0.3, -0.25) is 14.4 Å².